The smallest absolute Gasteiger partial charge is 0.395 e. The van der Waals surface area contributed by atoms with Gasteiger partial charge < -0.3 is 15.2 Å². The number of nitrogen functional groups attached to an aromatic ring is 1. The van der Waals surface area contributed by atoms with Crippen molar-refractivity contribution in [2.24, 2.45) is 0 Å². The van der Waals surface area contributed by atoms with Gasteiger partial charge >= 0.3 is 6.29 Å². The van der Waals surface area contributed by atoms with E-state index < -0.39 is 6.29 Å². The van der Waals surface area contributed by atoms with E-state index >= 15 is 0 Å². The van der Waals surface area contributed by atoms with E-state index in [1.54, 1.807) is 17.4 Å². The number of ether oxygens (including phenoxy) is 2. The van der Waals surface area contributed by atoms with Crippen molar-refractivity contribution < 1.29 is 18.3 Å². The lowest BCUT2D eigenvalue weighted by atomic mass is 10.1. The van der Waals surface area contributed by atoms with E-state index in [9.17, 15) is 8.78 Å². The monoisotopic (exact) mass is 459 g/mol. The zero-order chi connectivity index (χ0) is 22.2. The van der Waals surface area contributed by atoms with Gasteiger partial charge in [-0.3, -0.25) is 4.90 Å². The van der Waals surface area contributed by atoms with Crippen LogP contribution in [0.5, 0.6) is 11.5 Å². The highest BCUT2D eigenvalue weighted by atomic mass is 32.1. The second-order valence-corrected chi connectivity index (χ2v) is 9.35. The number of alkyl halides is 2. The molecular weight excluding hydrogens is 440 g/mol. The SMILES string of the molecule is Cc1nc2c(s1)CN([C@H](C)Cc1nc3c4ccc5c(c4nc(N)n3n1)OC(F)(F)O5)CC2. The Balaban J connectivity index is 1.32. The molecular formula is C20H19F2N7O2S. The molecule has 12 heteroatoms. The Bertz CT molecular complexity index is 1390. The summed E-state index contributed by atoms with van der Waals surface area (Å²) >= 11 is 1.75. The van der Waals surface area contributed by atoms with E-state index in [-0.39, 0.29) is 29.0 Å². The maximum Gasteiger partial charge on any atom is 0.586 e. The summed E-state index contributed by atoms with van der Waals surface area (Å²) in [6.45, 7) is 5.97. The van der Waals surface area contributed by atoms with Crippen molar-refractivity contribution in [3.05, 3.63) is 33.5 Å². The molecule has 1 aromatic carbocycles. The standard InChI is InChI=1S/C20H19F2N7O2S/c1-9(28-6-5-12-14(8-28)32-10(2)24-12)7-15-25-18-11-3-4-13-17(31-20(21,22)30-13)16(11)26-19(23)29(18)27-15/h3-4,9H,5-8H2,1-2H3,(H2,23,26)/t9-/m1/s1. The molecule has 0 saturated heterocycles. The zero-order valence-corrected chi connectivity index (χ0v) is 18.1. The molecule has 5 heterocycles. The first-order chi connectivity index (χ1) is 15.3. The molecule has 3 aromatic heterocycles. The molecule has 0 amide bonds. The van der Waals surface area contributed by atoms with Crippen LogP contribution in [0.2, 0.25) is 0 Å². The summed E-state index contributed by atoms with van der Waals surface area (Å²) in [6, 6.07) is 3.22. The second kappa shape index (κ2) is 6.69. The third-order valence-electron chi connectivity index (χ3n) is 5.85. The van der Waals surface area contributed by atoms with E-state index in [1.165, 1.54) is 21.2 Å². The number of aryl methyl sites for hydroxylation is 1. The predicted molar refractivity (Wildman–Crippen MR) is 113 cm³/mol. The van der Waals surface area contributed by atoms with Gasteiger partial charge in [0.15, 0.2) is 23.0 Å². The van der Waals surface area contributed by atoms with Crippen molar-refractivity contribution in [3.8, 4) is 11.5 Å². The van der Waals surface area contributed by atoms with Crippen LogP contribution in [0, 0.1) is 6.92 Å². The molecule has 4 aromatic rings. The lowest BCUT2D eigenvalue weighted by molar-refractivity contribution is -0.286. The Kier molecular flexibility index (Phi) is 4.09. The van der Waals surface area contributed by atoms with Crippen molar-refractivity contribution in [2.75, 3.05) is 12.3 Å². The van der Waals surface area contributed by atoms with Crippen LogP contribution in [0.15, 0.2) is 12.1 Å². The number of hydrogen-bond donors (Lipinski definition) is 1. The third kappa shape index (κ3) is 3.05. The van der Waals surface area contributed by atoms with Crippen LogP contribution in [-0.2, 0) is 19.4 Å². The van der Waals surface area contributed by atoms with E-state index in [0.29, 0.717) is 23.3 Å². The lowest BCUT2D eigenvalue weighted by Gasteiger charge is -2.31. The second-order valence-electron chi connectivity index (χ2n) is 8.07. The summed E-state index contributed by atoms with van der Waals surface area (Å²) in [5.41, 5.74) is 7.89. The van der Waals surface area contributed by atoms with E-state index in [0.717, 1.165) is 24.5 Å². The summed E-state index contributed by atoms with van der Waals surface area (Å²) in [6.07, 6.45) is -2.20. The molecule has 2 aliphatic rings. The van der Waals surface area contributed by atoms with E-state index in [4.69, 9.17) is 5.73 Å². The molecule has 1 atom stereocenters. The molecule has 2 N–H and O–H groups in total. The Morgan fingerprint density at radius 1 is 1.25 bits per heavy atom. The fraction of sp³-hybridized carbons (Fsp3) is 0.400. The van der Waals surface area contributed by atoms with Gasteiger partial charge in [0, 0.05) is 42.2 Å². The van der Waals surface area contributed by atoms with E-state index in [2.05, 4.69) is 41.3 Å². The molecule has 0 radical (unpaired) electrons. The lowest BCUT2D eigenvalue weighted by Crippen LogP contribution is -2.38. The van der Waals surface area contributed by atoms with Crippen LogP contribution in [0.25, 0.3) is 16.6 Å². The maximum atomic E-state index is 13.6. The average molecular weight is 459 g/mol. The van der Waals surface area contributed by atoms with Crippen LogP contribution in [-0.4, -0.2) is 48.3 Å². The van der Waals surface area contributed by atoms with Gasteiger partial charge in [0.1, 0.15) is 5.52 Å². The number of hydrogen-bond acceptors (Lipinski definition) is 9. The third-order valence-corrected chi connectivity index (χ3v) is 6.85. The highest BCUT2D eigenvalue weighted by Crippen LogP contribution is 2.45. The van der Waals surface area contributed by atoms with Gasteiger partial charge in [-0.15, -0.1) is 25.2 Å². The number of nitrogens with two attached hydrogens (primary N) is 1. The molecule has 0 spiro atoms. The fourth-order valence-corrected chi connectivity index (χ4v) is 5.35. The normalized spacial score (nSPS) is 18.4. The summed E-state index contributed by atoms with van der Waals surface area (Å²) in [7, 11) is 0. The van der Waals surface area contributed by atoms with Crippen LogP contribution in [0.4, 0.5) is 14.7 Å². The van der Waals surface area contributed by atoms with Crippen molar-refractivity contribution in [1.29, 1.82) is 0 Å². The molecule has 9 nitrogen and oxygen atoms in total. The molecule has 6 rings (SSSR count). The van der Waals surface area contributed by atoms with Gasteiger partial charge in [-0.25, -0.2) is 15.0 Å². The highest BCUT2D eigenvalue weighted by molar-refractivity contribution is 7.11. The number of thiazole rings is 1. The number of rotatable bonds is 3. The van der Waals surface area contributed by atoms with Gasteiger partial charge in [-0.05, 0) is 26.0 Å². The molecule has 0 fully saturated rings. The number of anilines is 1. The quantitative estimate of drug-likeness (QED) is 0.499. The Morgan fingerprint density at radius 3 is 2.94 bits per heavy atom. The van der Waals surface area contributed by atoms with Crippen molar-refractivity contribution >= 4 is 33.8 Å². The fourth-order valence-electron chi connectivity index (χ4n) is 4.34. The number of benzene rings is 1. The van der Waals surface area contributed by atoms with Gasteiger partial charge in [0.2, 0.25) is 5.95 Å². The van der Waals surface area contributed by atoms with Crippen LogP contribution >= 0.6 is 11.3 Å². The van der Waals surface area contributed by atoms with Crippen molar-refractivity contribution in [1.82, 2.24) is 29.5 Å². The van der Waals surface area contributed by atoms with E-state index in [1.807, 2.05) is 6.92 Å². The maximum absolute atomic E-state index is 13.6. The summed E-state index contributed by atoms with van der Waals surface area (Å²) in [5, 5.41) is 6.13. The molecule has 166 valence electrons. The predicted octanol–water partition coefficient (Wildman–Crippen LogP) is 2.94. The minimum absolute atomic E-state index is 0.0360. The molecule has 2 aliphatic heterocycles. The molecule has 32 heavy (non-hydrogen) atoms. The van der Waals surface area contributed by atoms with Crippen LogP contribution in [0.1, 0.15) is 28.3 Å². The number of fused-ring (bicyclic) bond motifs is 6. The summed E-state index contributed by atoms with van der Waals surface area (Å²) in [5.74, 6) is 0.403. The minimum atomic E-state index is -3.74. The Hall–Kier alpha value is -3.12. The first-order valence-corrected chi connectivity index (χ1v) is 11.0. The minimum Gasteiger partial charge on any atom is -0.395 e. The number of nitrogens with zero attached hydrogens (tertiary/aromatic N) is 6. The topological polar surface area (TPSA) is 104 Å². The van der Waals surface area contributed by atoms with Gasteiger partial charge in [0.25, 0.3) is 0 Å². The summed E-state index contributed by atoms with van der Waals surface area (Å²) < 4.78 is 37.7. The molecule has 0 aliphatic carbocycles. The van der Waals surface area contributed by atoms with Gasteiger partial charge in [-0.2, -0.15) is 4.52 Å². The highest BCUT2D eigenvalue weighted by Gasteiger charge is 2.45. The molecule has 0 saturated carbocycles. The first kappa shape index (κ1) is 19.6. The van der Waals surface area contributed by atoms with Crippen LogP contribution < -0.4 is 15.2 Å². The largest absolute Gasteiger partial charge is 0.586 e. The van der Waals surface area contributed by atoms with Gasteiger partial charge in [-0.1, -0.05) is 0 Å². The zero-order valence-electron chi connectivity index (χ0n) is 17.3. The number of aromatic nitrogens is 5. The summed E-state index contributed by atoms with van der Waals surface area (Å²) in [4.78, 5) is 17.2. The van der Waals surface area contributed by atoms with Crippen LogP contribution in [0.3, 0.4) is 0 Å². The first-order valence-electron chi connectivity index (χ1n) is 10.2. The van der Waals surface area contributed by atoms with Crippen molar-refractivity contribution in [3.63, 3.8) is 0 Å². The Morgan fingerprint density at radius 2 is 2.09 bits per heavy atom. The van der Waals surface area contributed by atoms with Gasteiger partial charge in [0.05, 0.1) is 10.7 Å². The number of halogens is 2. The molecule has 0 unspecified atom stereocenters. The average Bonchev–Trinajstić information content (AvgIpc) is 3.40. The van der Waals surface area contributed by atoms with Crippen molar-refractivity contribution in [2.45, 2.75) is 45.6 Å². The Labute approximate surface area is 184 Å². The molecule has 0 bridgehead atoms.